The first-order chi connectivity index (χ1) is 5.41. The van der Waals surface area contributed by atoms with E-state index in [0.717, 1.165) is 12.8 Å². The van der Waals surface area contributed by atoms with Crippen molar-refractivity contribution in [3.8, 4) is 0 Å². The zero-order valence-electron chi connectivity index (χ0n) is 7.15. The zero-order chi connectivity index (χ0) is 10.1. The molecule has 12 heavy (non-hydrogen) atoms. The predicted molar refractivity (Wildman–Crippen MR) is 42.4 cm³/mol. The van der Waals surface area contributed by atoms with Crippen LogP contribution >= 0.6 is 0 Å². The van der Waals surface area contributed by atoms with E-state index in [1.165, 1.54) is 0 Å². The molecule has 0 bridgehead atoms. The van der Waals surface area contributed by atoms with Crippen molar-refractivity contribution < 1.29 is 24.9 Å². The molecule has 0 spiro atoms. The fourth-order valence-corrected chi connectivity index (χ4v) is 0.556. The van der Waals surface area contributed by atoms with Crippen LogP contribution in [0.15, 0.2) is 0 Å². The topological polar surface area (TPSA) is 94.8 Å². The van der Waals surface area contributed by atoms with Crippen molar-refractivity contribution in [2.24, 2.45) is 5.92 Å². The molecule has 72 valence electrons. The number of aliphatic carboxylic acids is 1. The lowest BCUT2D eigenvalue weighted by molar-refractivity contribution is -0.141. The van der Waals surface area contributed by atoms with Crippen LogP contribution in [0.1, 0.15) is 26.7 Å². The molecule has 0 aliphatic rings. The van der Waals surface area contributed by atoms with Gasteiger partial charge >= 0.3 is 12.1 Å². The third-order valence-electron chi connectivity index (χ3n) is 1.14. The van der Waals surface area contributed by atoms with Gasteiger partial charge in [-0.2, -0.15) is 0 Å². The van der Waals surface area contributed by atoms with Gasteiger partial charge < -0.3 is 15.3 Å². The molecule has 5 heteroatoms. The standard InChI is InChI=1S/C6H12O2.CH2O3/c1-3-4-5(2)6(7)8;2-1(3)4/h5H,3-4H2,1-2H3,(H,7,8);(H2,2,3,4). The Labute approximate surface area is 70.6 Å². The Morgan fingerprint density at radius 2 is 1.58 bits per heavy atom. The molecular weight excluding hydrogens is 164 g/mol. The van der Waals surface area contributed by atoms with Crippen molar-refractivity contribution in [3.05, 3.63) is 0 Å². The van der Waals surface area contributed by atoms with Gasteiger partial charge in [0.15, 0.2) is 0 Å². The predicted octanol–water partition coefficient (Wildman–Crippen LogP) is 1.73. The molecule has 3 N–H and O–H groups in total. The van der Waals surface area contributed by atoms with Crippen molar-refractivity contribution in [2.45, 2.75) is 26.7 Å². The van der Waals surface area contributed by atoms with Crippen molar-refractivity contribution >= 4 is 12.1 Å². The summed E-state index contributed by atoms with van der Waals surface area (Å²) in [6, 6.07) is 0. The Balaban J connectivity index is 0. The van der Waals surface area contributed by atoms with E-state index in [2.05, 4.69) is 0 Å². The van der Waals surface area contributed by atoms with Gasteiger partial charge in [-0.25, -0.2) is 4.79 Å². The van der Waals surface area contributed by atoms with Crippen LogP contribution in [0, 0.1) is 5.92 Å². The van der Waals surface area contributed by atoms with Crippen molar-refractivity contribution in [3.63, 3.8) is 0 Å². The van der Waals surface area contributed by atoms with E-state index in [9.17, 15) is 4.79 Å². The first kappa shape index (κ1) is 13.3. The fourth-order valence-electron chi connectivity index (χ4n) is 0.556. The highest BCUT2D eigenvalue weighted by Gasteiger charge is 2.07. The Bertz CT molecular complexity index is 139. The van der Waals surface area contributed by atoms with Gasteiger partial charge in [-0.1, -0.05) is 20.3 Å². The quantitative estimate of drug-likeness (QED) is 0.611. The molecule has 5 nitrogen and oxygen atoms in total. The summed E-state index contributed by atoms with van der Waals surface area (Å²) < 4.78 is 0. The summed E-state index contributed by atoms with van der Waals surface area (Å²) in [5.74, 6) is -0.855. The summed E-state index contributed by atoms with van der Waals surface area (Å²) in [4.78, 5) is 18.6. The first-order valence-corrected chi connectivity index (χ1v) is 3.56. The second-order valence-corrected chi connectivity index (χ2v) is 2.31. The zero-order valence-corrected chi connectivity index (χ0v) is 7.15. The lowest BCUT2D eigenvalue weighted by atomic mass is 10.1. The Morgan fingerprint density at radius 3 is 1.67 bits per heavy atom. The second kappa shape index (κ2) is 7.84. The molecule has 0 fully saturated rings. The van der Waals surface area contributed by atoms with E-state index < -0.39 is 12.1 Å². The summed E-state index contributed by atoms with van der Waals surface area (Å²) in [6.07, 6.45) is -0.0944. The highest BCUT2D eigenvalue weighted by molar-refractivity contribution is 5.69. The van der Waals surface area contributed by atoms with Crippen LogP contribution in [0.4, 0.5) is 4.79 Å². The number of carbonyl (C=O) groups is 2. The second-order valence-electron chi connectivity index (χ2n) is 2.31. The van der Waals surface area contributed by atoms with E-state index in [1.54, 1.807) is 6.92 Å². The molecule has 0 saturated carbocycles. The summed E-state index contributed by atoms with van der Waals surface area (Å²) in [7, 11) is 0. The minimum atomic E-state index is -1.83. The molecule has 0 aromatic heterocycles. The van der Waals surface area contributed by atoms with Gasteiger partial charge in [0.2, 0.25) is 0 Å². The van der Waals surface area contributed by atoms with Crippen LogP contribution in [0.3, 0.4) is 0 Å². The van der Waals surface area contributed by atoms with Gasteiger partial charge in [-0.15, -0.1) is 0 Å². The summed E-state index contributed by atoms with van der Waals surface area (Å²) in [5.41, 5.74) is 0. The van der Waals surface area contributed by atoms with Gasteiger partial charge in [0, 0.05) is 0 Å². The molecule has 1 unspecified atom stereocenters. The average Bonchev–Trinajstić information content (AvgIpc) is 1.86. The van der Waals surface area contributed by atoms with Gasteiger partial charge in [-0.05, 0) is 6.42 Å². The highest BCUT2D eigenvalue weighted by atomic mass is 16.6. The number of rotatable bonds is 3. The summed E-state index contributed by atoms with van der Waals surface area (Å²) in [6.45, 7) is 3.71. The lowest BCUT2D eigenvalue weighted by Crippen LogP contribution is -2.08. The largest absolute Gasteiger partial charge is 0.503 e. The normalized spacial score (nSPS) is 10.8. The maximum absolute atomic E-state index is 10.1. The van der Waals surface area contributed by atoms with E-state index in [4.69, 9.17) is 20.1 Å². The van der Waals surface area contributed by atoms with Crippen molar-refractivity contribution in [1.29, 1.82) is 0 Å². The highest BCUT2D eigenvalue weighted by Crippen LogP contribution is 2.03. The molecule has 0 aromatic carbocycles. The van der Waals surface area contributed by atoms with E-state index in [1.807, 2.05) is 6.92 Å². The van der Waals surface area contributed by atoms with Gasteiger partial charge in [0.05, 0.1) is 5.92 Å². The monoisotopic (exact) mass is 178 g/mol. The first-order valence-electron chi connectivity index (χ1n) is 3.56. The molecule has 0 radical (unpaired) electrons. The maximum atomic E-state index is 10.1. The number of carboxylic acid groups (broad SMARTS) is 3. The van der Waals surface area contributed by atoms with Crippen LogP contribution in [0.2, 0.25) is 0 Å². The summed E-state index contributed by atoms with van der Waals surface area (Å²) >= 11 is 0. The van der Waals surface area contributed by atoms with Crippen molar-refractivity contribution in [1.82, 2.24) is 0 Å². The molecule has 0 amide bonds. The van der Waals surface area contributed by atoms with Crippen LogP contribution in [0.5, 0.6) is 0 Å². The minimum absolute atomic E-state index is 0.167. The molecular formula is C7H14O5. The Morgan fingerprint density at radius 1 is 1.25 bits per heavy atom. The van der Waals surface area contributed by atoms with Gasteiger partial charge in [0.25, 0.3) is 0 Å². The lowest BCUT2D eigenvalue weighted by Gasteiger charge is -2.00. The smallest absolute Gasteiger partial charge is 0.481 e. The van der Waals surface area contributed by atoms with Crippen molar-refractivity contribution in [2.75, 3.05) is 0 Å². The van der Waals surface area contributed by atoms with Crippen LogP contribution < -0.4 is 0 Å². The number of carboxylic acids is 1. The van der Waals surface area contributed by atoms with Gasteiger partial charge in [-0.3, -0.25) is 4.79 Å². The van der Waals surface area contributed by atoms with E-state index in [-0.39, 0.29) is 5.92 Å². The van der Waals surface area contributed by atoms with Crippen LogP contribution in [-0.4, -0.2) is 27.4 Å². The average molecular weight is 178 g/mol. The Hall–Kier alpha value is -1.26. The molecule has 0 aliphatic heterocycles. The van der Waals surface area contributed by atoms with Crippen LogP contribution in [0.25, 0.3) is 0 Å². The van der Waals surface area contributed by atoms with E-state index in [0.29, 0.717) is 0 Å². The number of hydrogen-bond acceptors (Lipinski definition) is 2. The van der Waals surface area contributed by atoms with Crippen LogP contribution in [-0.2, 0) is 4.79 Å². The molecule has 0 heterocycles. The molecule has 1 atom stereocenters. The van der Waals surface area contributed by atoms with Gasteiger partial charge in [0.1, 0.15) is 0 Å². The summed E-state index contributed by atoms with van der Waals surface area (Å²) in [5, 5.41) is 22.3. The molecule has 0 rings (SSSR count). The molecule has 0 saturated heterocycles. The molecule has 0 aromatic rings. The number of hydrogen-bond donors (Lipinski definition) is 3. The van der Waals surface area contributed by atoms with E-state index >= 15 is 0 Å². The maximum Gasteiger partial charge on any atom is 0.503 e. The Kier molecular flexibility index (Phi) is 8.72. The minimum Gasteiger partial charge on any atom is -0.481 e. The molecule has 0 aliphatic carbocycles. The third-order valence-corrected chi connectivity index (χ3v) is 1.14. The third kappa shape index (κ3) is 15.9. The fraction of sp³-hybridized carbons (Fsp3) is 0.714. The SMILES string of the molecule is CCCC(C)C(=O)O.O=C(O)O.